The van der Waals surface area contributed by atoms with Gasteiger partial charge in [-0.3, -0.25) is 4.98 Å². The average Bonchev–Trinajstić information content (AvgIpc) is 3.02. The SMILES string of the molecule is [C-]#[N+]c1ccc(Cn2c(N3CC[C@H](F)[C@H](N)C3)nc3cc(Cl)ccc32)nc1. The Morgan fingerprint density at radius 3 is 2.89 bits per heavy atom. The Labute approximate surface area is 161 Å². The van der Waals surface area contributed by atoms with Crippen LogP contribution in [-0.4, -0.2) is 39.8 Å². The summed E-state index contributed by atoms with van der Waals surface area (Å²) in [5, 5.41) is 0.609. The van der Waals surface area contributed by atoms with Crippen molar-refractivity contribution in [3.05, 3.63) is 58.7 Å². The van der Waals surface area contributed by atoms with Crippen LogP contribution in [0.2, 0.25) is 5.02 Å². The topological polar surface area (TPSA) is 64.3 Å². The maximum atomic E-state index is 13.8. The summed E-state index contributed by atoms with van der Waals surface area (Å²) in [5.41, 5.74) is 8.94. The minimum atomic E-state index is -0.989. The first-order chi connectivity index (χ1) is 13.0. The number of fused-ring (bicyclic) bond motifs is 1. The number of nitrogens with two attached hydrogens (primary N) is 1. The highest BCUT2D eigenvalue weighted by Gasteiger charge is 2.29. The summed E-state index contributed by atoms with van der Waals surface area (Å²) in [4.78, 5) is 14.5. The van der Waals surface area contributed by atoms with Gasteiger partial charge in [-0.15, -0.1) is 0 Å². The minimum Gasteiger partial charge on any atom is -0.340 e. The summed E-state index contributed by atoms with van der Waals surface area (Å²) in [5.74, 6) is 0.727. The molecule has 2 aromatic heterocycles. The molecular weight excluding hydrogens is 367 g/mol. The fourth-order valence-electron chi connectivity index (χ4n) is 3.36. The summed E-state index contributed by atoms with van der Waals surface area (Å²) in [6.07, 6.45) is 0.947. The molecule has 1 fully saturated rings. The summed E-state index contributed by atoms with van der Waals surface area (Å²) in [6, 6.07) is 8.60. The lowest BCUT2D eigenvalue weighted by molar-refractivity contribution is 0.243. The number of piperidine rings is 1. The molecule has 1 aliphatic rings. The van der Waals surface area contributed by atoms with Crippen molar-refractivity contribution in [3.63, 3.8) is 0 Å². The molecule has 2 N–H and O–H groups in total. The molecule has 8 heteroatoms. The van der Waals surface area contributed by atoms with Gasteiger partial charge in [0, 0.05) is 24.3 Å². The first kappa shape index (κ1) is 17.7. The van der Waals surface area contributed by atoms with Gasteiger partial charge < -0.3 is 15.2 Å². The molecular formula is C19H18ClFN6. The number of imidazole rings is 1. The monoisotopic (exact) mass is 384 g/mol. The Morgan fingerprint density at radius 1 is 1.33 bits per heavy atom. The van der Waals surface area contributed by atoms with E-state index < -0.39 is 12.2 Å². The van der Waals surface area contributed by atoms with E-state index in [1.54, 1.807) is 12.3 Å². The average molecular weight is 385 g/mol. The van der Waals surface area contributed by atoms with Gasteiger partial charge in [0.15, 0.2) is 0 Å². The molecule has 3 heterocycles. The third kappa shape index (κ3) is 3.46. The van der Waals surface area contributed by atoms with Crippen LogP contribution in [0.4, 0.5) is 16.0 Å². The van der Waals surface area contributed by atoms with Gasteiger partial charge in [0.05, 0.1) is 35.9 Å². The molecule has 6 nitrogen and oxygen atoms in total. The molecule has 138 valence electrons. The van der Waals surface area contributed by atoms with E-state index in [-0.39, 0.29) is 0 Å². The van der Waals surface area contributed by atoms with Gasteiger partial charge in [-0.05, 0) is 30.7 Å². The number of hydrogen-bond acceptors (Lipinski definition) is 4. The lowest BCUT2D eigenvalue weighted by atomic mass is 10.1. The van der Waals surface area contributed by atoms with Crippen molar-refractivity contribution in [2.24, 2.45) is 5.73 Å². The van der Waals surface area contributed by atoms with Crippen LogP contribution in [0.3, 0.4) is 0 Å². The largest absolute Gasteiger partial charge is 0.340 e. The van der Waals surface area contributed by atoms with Crippen molar-refractivity contribution < 1.29 is 4.39 Å². The number of aromatic nitrogens is 3. The van der Waals surface area contributed by atoms with E-state index in [0.29, 0.717) is 36.8 Å². The fourth-order valence-corrected chi connectivity index (χ4v) is 3.53. The van der Waals surface area contributed by atoms with Gasteiger partial charge in [-0.2, -0.15) is 0 Å². The van der Waals surface area contributed by atoms with Gasteiger partial charge in [-0.1, -0.05) is 17.7 Å². The van der Waals surface area contributed by atoms with Crippen molar-refractivity contribution in [2.75, 3.05) is 18.0 Å². The van der Waals surface area contributed by atoms with E-state index in [1.807, 2.05) is 33.7 Å². The molecule has 27 heavy (non-hydrogen) atoms. The molecule has 0 radical (unpaired) electrons. The second-order valence-electron chi connectivity index (χ2n) is 6.67. The second-order valence-corrected chi connectivity index (χ2v) is 7.10. The van der Waals surface area contributed by atoms with Crippen molar-refractivity contribution in [2.45, 2.75) is 25.2 Å². The fraction of sp³-hybridized carbons (Fsp3) is 0.316. The quantitative estimate of drug-likeness (QED) is 0.701. The smallest absolute Gasteiger partial charge is 0.206 e. The maximum absolute atomic E-state index is 13.8. The zero-order valence-corrected chi connectivity index (χ0v) is 15.3. The molecule has 1 aliphatic heterocycles. The van der Waals surface area contributed by atoms with Crippen LogP contribution in [0, 0.1) is 6.57 Å². The van der Waals surface area contributed by atoms with Crippen molar-refractivity contribution in [1.29, 1.82) is 0 Å². The highest BCUT2D eigenvalue weighted by molar-refractivity contribution is 6.31. The van der Waals surface area contributed by atoms with Crippen LogP contribution in [0.15, 0.2) is 36.5 Å². The number of halogens is 2. The minimum absolute atomic E-state index is 0.378. The summed E-state index contributed by atoms with van der Waals surface area (Å²) in [6.45, 7) is 8.49. The zero-order chi connectivity index (χ0) is 19.0. The number of anilines is 1. The Morgan fingerprint density at radius 2 is 2.19 bits per heavy atom. The molecule has 1 saturated heterocycles. The van der Waals surface area contributed by atoms with Crippen LogP contribution < -0.4 is 10.6 Å². The van der Waals surface area contributed by atoms with E-state index in [1.165, 1.54) is 0 Å². The summed E-state index contributed by atoms with van der Waals surface area (Å²) >= 11 is 6.13. The van der Waals surface area contributed by atoms with Gasteiger partial charge in [0.25, 0.3) is 0 Å². The standard InChI is InChI=1S/C19H18ClFN6/c1-23-13-3-4-14(24-9-13)10-27-18-5-2-12(20)8-17(18)25-19(27)26-7-6-15(21)16(22)11-26/h2-5,8-9,15-16H,6-7,10-11,22H2/t15-,16+/m0/s1. The van der Waals surface area contributed by atoms with Crippen LogP contribution in [-0.2, 0) is 6.54 Å². The van der Waals surface area contributed by atoms with E-state index >= 15 is 0 Å². The second kappa shape index (κ2) is 7.14. The number of rotatable bonds is 3. The van der Waals surface area contributed by atoms with Crippen molar-refractivity contribution >= 4 is 34.3 Å². The molecule has 1 aromatic carbocycles. The molecule has 0 unspecified atom stereocenters. The van der Waals surface area contributed by atoms with Gasteiger partial charge in [0.2, 0.25) is 11.6 Å². The van der Waals surface area contributed by atoms with E-state index in [2.05, 4.69) is 9.83 Å². The molecule has 0 saturated carbocycles. The first-order valence-electron chi connectivity index (χ1n) is 8.68. The molecule has 4 rings (SSSR count). The van der Waals surface area contributed by atoms with Gasteiger partial charge in [-0.25, -0.2) is 14.2 Å². The maximum Gasteiger partial charge on any atom is 0.206 e. The number of nitrogens with zero attached hydrogens (tertiary/aromatic N) is 5. The highest BCUT2D eigenvalue weighted by Crippen LogP contribution is 2.28. The van der Waals surface area contributed by atoms with Gasteiger partial charge in [0.1, 0.15) is 6.17 Å². The van der Waals surface area contributed by atoms with Crippen LogP contribution in [0.5, 0.6) is 0 Å². The first-order valence-corrected chi connectivity index (χ1v) is 9.06. The molecule has 0 bridgehead atoms. The van der Waals surface area contributed by atoms with E-state index in [4.69, 9.17) is 28.9 Å². The Balaban J connectivity index is 1.75. The van der Waals surface area contributed by atoms with Gasteiger partial charge >= 0.3 is 0 Å². The molecule has 2 atom stereocenters. The van der Waals surface area contributed by atoms with Crippen LogP contribution in [0.25, 0.3) is 15.9 Å². The lowest BCUT2D eigenvalue weighted by Gasteiger charge is -2.34. The number of hydrogen-bond donors (Lipinski definition) is 1. The summed E-state index contributed by atoms with van der Waals surface area (Å²) in [7, 11) is 0. The number of benzene rings is 1. The van der Waals surface area contributed by atoms with Crippen molar-refractivity contribution in [3.8, 4) is 0 Å². The molecule has 0 amide bonds. The molecule has 0 spiro atoms. The van der Waals surface area contributed by atoms with E-state index in [0.717, 1.165) is 22.7 Å². The summed E-state index contributed by atoms with van der Waals surface area (Å²) < 4.78 is 15.9. The number of pyridine rings is 1. The van der Waals surface area contributed by atoms with Crippen LogP contribution >= 0.6 is 11.6 Å². The third-order valence-corrected chi connectivity index (χ3v) is 5.04. The Hall–Kier alpha value is -2.69. The predicted molar refractivity (Wildman–Crippen MR) is 104 cm³/mol. The third-order valence-electron chi connectivity index (χ3n) is 4.80. The zero-order valence-electron chi connectivity index (χ0n) is 14.5. The Kier molecular flexibility index (Phi) is 4.68. The molecule has 3 aromatic rings. The normalized spacial score (nSPS) is 20.0. The Bertz CT molecular complexity index is 1010. The lowest BCUT2D eigenvalue weighted by Crippen LogP contribution is -2.50. The van der Waals surface area contributed by atoms with Crippen LogP contribution in [0.1, 0.15) is 12.1 Å². The van der Waals surface area contributed by atoms with Crippen molar-refractivity contribution in [1.82, 2.24) is 14.5 Å². The predicted octanol–water partition coefficient (Wildman–Crippen LogP) is 3.56. The van der Waals surface area contributed by atoms with E-state index in [9.17, 15) is 4.39 Å². The number of alkyl halides is 1. The molecule has 0 aliphatic carbocycles. The highest BCUT2D eigenvalue weighted by atomic mass is 35.5.